The zero-order valence-electron chi connectivity index (χ0n) is 13.9. The number of nitrogens with one attached hydrogen (secondary N) is 2. The maximum atomic E-state index is 10.2. The summed E-state index contributed by atoms with van der Waals surface area (Å²) in [7, 11) is 0. The number of aliphatic imine (C=N–C) groups is 1. The number of aliphatic hydroxyl groups excluding tert-OH is 1. The Morgan fingerprint density at radius 1 is 1.23 bits per heavy atom. The quantitative estimate of drug-likeness (QED) is 0.371. The van der Waals surface area contributed by atoms with Gasteiger partial charge in [-0.3, -0.25) is 4.99 Å². The van der Waals surface area contributed by atoms with Gasteiger partial charge in [-0.15, -0.1) is 0 Å². The molecule has 124 valence electrons. The lowest BCUT2D eigenvalue weighted by Gasteiger charge is -2.13. The summed E-state index contributed by atoms with van der Waals surface area (Å²) >= 11 is 1.88. The summed E-state index contributed by atoms with van der Waals surface area (Å²) in [5, 5.41) is 16.7. The van der Waals surface area contributed by atoms with Crippen LogP contribution < -0.4 is 10.6 Å². The van der Waals surface area contributed by atoms with Crippen molar-refractivity contribution >= 4 is 17.7 Å². The first-order chi connectivity index (χ1) is 10.7. The third kappa shape index (κ3) is 7.71. The van der Waals surface area contributed by atoms with Crippen molar-refractivity contribution in [3.8, 4) is 0 Å². The molecule has 4 nitrogen and oxygen atoms in total. The van der Waals surface area contributed by atoms with Gasteiger partial charge in [0.2, 0.25) is 0 Å². The monoisotopic (exact) mass is 323 g/mol. The highest BCUT2D eigenvalue weighted by atomic mass is 32.2. The molecule has 1 aromatic rings. The molecule has 0 heterocycles. The lowest BCUT2D eigenvalue weighted by Crippen LogP contribution is -2.38. The molecule has 1 rings (SSSR count). The second-order valence-corrected chi connectivity index (χ2v) is 6.26. The highest BCUT2D eigenvalue weighted by molar-refractivity contribution is 7.98. The predicted octanol–water partition coefficient (Wildman–Crippen LogP) is 2.73. The SMILES string of the molecule is CCNC(=NCC(O)c1ccc(C)cc1)NCCCCSC. The molecule has 0 radical (unpaired) electrons. The van der Waals surface area contributed by atoms with Gasteiger partial charge in [0.1, 0.15) is 0 Å². The summed E-state index contributed by atoms with van der Waals surface area (Å²) < 4.78 is 0. The molecule has 1 atom stereocenters. The minimum absolute atomic E-state index is 0.364. The van der Waals surface area contributed by atoms with E-state index in [0.29, 0.717) is 6.54 Å². The molecule has 0 aliphatic carbocycles. The Kier molecular flexibility index (Phi) is 9.75. The molecule has 5 heteroatoms. The zero-order chi connectivity index (χ0) is 16.2. The van der Waals surface area contributed by atoms with Crippen molar-refractivity contribution in [1.29, 1.82) is 0 Å². The Bertz CT molecular complexity index is 434. The third-order valence-corrected chi connectivity index (χ3v) is 3.99. The number of unbranched alkanes of at least 4 members (excludes halogenated alkanes) is 1. The van der Waals surface area contributed by atoms with Gasteiger partial charge in [-0.05, 0) is 44.3 Å². The zero-order valence-corrected chi connectivity index (χ0v) is 14.7. The smallest absolute Gasteiger partial charge is 0.191 e. The predicted molar refractivity (Wildman–Crippen MR) is 97.7 cm³/mol. The van der Waals surface area contributed by atoms with E-state index in [1.165, 1.54) is 17.7 Å². The number of hydrogen-bond acceptors (Lipinski definition) is 3. The van der Waals surface area contributed by atoms with Gasteiger partial charge in [0.15, 0.2) is 5.96 Å². The lowest BCUT2D eigenvalue weighted by molar-refractivity contribution is 0.187. The number of aliphatic hydroxyl groups is 1. The van der Waals surface area contributed by atoms with Crippen LogP contribution in [0.5, 0.6) is 0 Å². The fraction of sp³-hybridized carbons (Fsp3) is 0.588. The van der Waals surface area contributed by atoms with Gasteiger partial charge in [-0.25, -0.2) is 0 Å². The van der Waals surface area contributed by atoms with E-state index >= 15 is 0 Å². The summed E-state index contributed by atoms with van der Waals surface area (Å²) in [6.45, 7) is 6.17. The minimum atomic E-state index is -0.562. The topological polar surface area (TPSA) is 56.7 Å². The molecule has 0 aromatic heterocycles. The Labute approximate surface area is 138 Å². The average Bonchev–Trinajstić information content (AvgIpc) is 2.52. The van der Waals surface area contributed by atoms with Crippen molar-refractivity contribution in [3.63, 3.8) is 0 Å². The molecular formula is C17H29N3OS. The molecule has 3 N–H and O–H groups in total. The van der Waals surface area contributed by atoms with Crippen LogP contribution >= 0.6 is 11.8 Å². The van der Waals surface area contributed by atoms with Gasteiger partial charge in [-0.2, -0.15) is 11.8 Å². The normalized spacial score (nSPS) is 13.0. The van der Waals surface area contributed by atoms with Crippen LogP contribution in [0.15, 0.2) is 29.3 Å². The molecule has 0 amide bonds. The van der Waals surface area contributed by atoms with Crippen LogP contribution in [0.3, 0.4) is 0 Å². The summed E-state index contributed by atoms with van der Waals surface area (Å²) in [6, 6.07) is 7.94. The first kappa shape index (κ1) is 18.8. The Balaban J connectivity index is 2.44. The van der Waals surface area contributed by atoms with Gasteiger partial charge in [0.05, 0.1) is 12.6 Å². The average molecular weight is 324 g/mol. The summed E-state index contributed by atoms with van der Waals surface area (Å²) in [6.07, 6.45) is 3.91. The highest BCUT2D eigenvalue weighted by Crippen LogP contribution is 2.13. The molecule has 0 aliphatic heterocycles. The first-order valence-electron chi connectivity index (χ1n) is 7.93. The number of nitrogens with zero attached hydrogens (tertiary/aromatic N) is 1. The minimum Gasteiger partial charge on any atom is -0.386 e. The van der Waals surface area contributed by atoms with Crippen LogP contribution in [0.25, 0.3) is 0 Å². The standard InChI is InChI=1S/C17H29N3OS/c1-4-18-17(19-11-5-6-12-22-3)20-13-16(21)15-9-7-14(2)8-10-15/h7-10,16,21H,4-6,11-13H2,1-3H3,(H2,18,19,20). The number of guanidine groups is 1. The van der Waals surface area contributed by atoms with E-state index in [0.717, 1.165) is 31.0 Å². The highest BCUT2D eigenvalue weighted by Gasteiger charge is 2.07. The maximum absolute atomic E-state index is 10.2. The van der Waals surface area contributed by atoms with E-state index in [-0.39, 0.29) is 0 Å². The van der Waals surface area contributed by atoms with Gasteiger partial charge < -0.3 is 15.7 Å². The Hall–Kier alpha value is -1.20. The first-order valence-corrected chi connectivity index (χ1v) is 9.32. The maximum Gasteiger partial charge on any atom is 0.191 e. The molecule has 0 aliphatic rings. The molecule has 0 saturated heterocycles. The van der Waals surface area contributed by atoms with Crippen molar-refractivity contribution in [2.75, 3.05) is 31.6 Å². The molecular weight excluding hydrogens is 294 g/mol. The Morgan fingerprint density at radius 2 is 1.95 bits per heavy atom. The number of aryl methyl sites for hydroxylation is 1. The van der Waals surface area contributed by atoms with Gasteiger partial charge in [-0.1, -0.05) is 29.8 Å². The van der Waals surface area contributed by atoms with E-state index < -0.39 is 6.10 Å². The molecule has 1 aromatic carbocycles. The lowest BCUT2D eigenvalue weighted by atomic mass is 10.1. The van der Waals surface area contributed by atoms with Crippen molar-refractivity contribution < 1.29 is 5.11 Å². The summed E-state index contributed by atoms with van der Waals surface area (Å²) in [5.41, 5.74) is 2.10. The fourth-order valence-corrected chi connectivity index (χ4v) is 2.48. The van der Waals surface area contributed by atoms with E-state index in [1.807, 2.05) is 49.9 Å². The van der Waals surface area contributed by atoms with Crippen molar-refractivity contribution in [2.45, 2.75) is 32.8 Å². The Morgan fingerprint density at radius 3 is 2.59 bits per heavy atom. The molecule has 0 bridgehead atoms. The second kappa shape index (κ2) is 11.4. The van der Waals surface area contributed by atoms with Crippen molar-refractivity contribution in [2.24, 2.45) is 4.99 Å². The number of hydrogen-bond donors (Lipinski definition) is 3. The fourth-order valence-electron chi connectivity index (χ4n) is 1.99. The second-order valence-electron chi connectivity index (χ2n) is 5.27. The molecule has 0 fully saturated rings. The number of rotatable bonds is 9. The van der Waals surface area contributed by atoms with Crippen molar-refractivity contribution in [3.05, 3.63) is 35.4 Å². The molecule has 1 unspecified atom stereocenters. The molecule has 22 heavy (non-hydrogen) atoms. The molecule has 0 saturated carbocycles. The third-order valence-electron chi connectivity index (χ3n) is 3.30. The van der Waals surface area contributed by atoms with Crippen LogP contribution in [0.1, 0.15) is 37.0 Å². The van der Waals surface area contributed by atoms with E-state index in [1.54, 1.807) is 0 Å². The van der Waals surface area contributed by atoms with Crippen LogP contribution in [-0.2, 0) is 0 Å². The number of benzene rings is 1. The van der Waals surface area contributed by atoms with E-state index in [9.17, 15) is 5.11 Å². The van der Waals surface area contributed by atoms with Gasteiger partial charge in [0.25, 0.3) is 0 Å². The van der Waals surface area contributed by atoms with Crippen LogP contribution in [0.4, 0.5) is 0 Å². The van der Waals surface area contributed by atoms with Crippen LogP contribution in [0.2, 0.25) is 0 Å². The number of thioether (sulfide) groups is 1. The van der Waals surface area contributed by atoms with Crippen LogP contribution in [-0.4, -0.2) is 42.7 Å². The van der Waals surface area contributed by atoms with Gasteiger partial charge in [0, 0.05) is 13.1 Å². The molecule has 0 spiro atoms. The van der Waals surface area contributed by atoms with E-state index in [4.69, 9.17) is 0 Å². The van der Waals surface area contributed by atoms with Crippen LogP contribution in [0, 0.1) is 6.92 Å². The van der Waals surface area contributed by atoms with Gasteiger partial charge >= 0.3 is 0 Å². The van der Waals surface area contributed by atoms with Crippen molar-refractivity contribution in [1.82, 2.24) is 10.6 Å². The van der Waals surface area contributed by atoms with E-state index in [2.05, 4.69) is 21.9 Å². The summed E-state index contributed by atoms with van der Waals surface area (Å²) in [4.78, 5) is 4.47. The summed E-state index contributed by atoms with van der Waals surface area (Å²) in [5.74, 6) is 1.97. The largest absolute Gasteiger partial charge is 0.386 e.